The zero-order valence-electron chi connectivity index (χ0n) is 37.2. The molecule has 0 bridgehead atoms. The van der Waals surface area contributed by atoms with Crippen molar-refractivity contribution < 1.29 is 29.3 Å². The van der Waals surface area contributed by atoms with E-state index < -0.39 is 11.9 Å². The number of benzene rings is 5. The van der Waals surface area contributed by atoms with Gasteiger partial charge < -0.3 is 19.7 Å². The average Bonchev–Trinajstić information content (AvgIpc) is 3.95. The number of aromatic nitrogens is 6. The van der Waals surface area contributed by atoms with Gasteiger partial charge in [0.15, 0.2) is 0 Å². The summed E-state index contributed by atoms with van der Waals surface area (Å²) >= 11 is 0. The first kappa shape index (κ1) is 45.5. The van der Waals surface area contributed by atoms with Crippen LogP contribution in [0.2, 0.25) is 0 Å². The van der Waals surface area contributed by atoms with Crippen LogP contribution in [0.3, 0.4) is 0 Å². The van der Waals surface area contributed by atoms with Gasteiger partial charge in [-0.25, -0.2) is 9.59 Å². The first-order chi connectivity index (χ1) is 31.3. The van der Waals surface area contributed by atoms with E-state index >= 15 is 0 Å². The van der Waals surface area contributed by atoms with E-state index in [1.165, 1.54) is 48.1 Å². The monoisotopic (exact) mass is 864 g/mol. The molecule has 0 aliphatic rings. The van der Waals surface area contributed by atoms with Crippen LogP contribution in [0.25, 0.3) is 33.4 Å². The molecule has 0 radical (unpaired) electrons. The molecule has 0 saturated carbocycles. The molecular formula is C52H60N6O6. The van der Waals surface area contributed by atoms with Gasteiger partial charge in [0.05, 0.1) is 24.3 Å². The van der Waals surface area contributed by atoms with Crippen molar-refractivity contribution in [3.63, 3.8) is 0 Å². The molecule has 2 heterocycles. The minimum atomic E-state index is -0.509. The van der Waals surface area contributed by atoms with Crippen molar-refractivity contribution in [2.75, 3.05) is 13.2 Å². The number of nitrogens with zero attached hydrogens (tertiary/aromatic N) is 6. The number of unbranched alkanes of at least 4 members (excludes halogenated alkanes) is 10. The van der Waals surface area contributed by atoms with E-state index in [0.29, 0.717) is 48.2 Å². The Labute approximate surface area is 375 Å². The second kappa shape index (κ2) is 22.7. The smallest absolute Gasteiger partial charge is 0.338 e. The van der Waals surface area contributed by atoms with Crippen molar-refractivity contribution in [3.8, 4) is 22.9 Å². The summed E-state index contributed by atoms with van der Waals surface area (Å²) in [5, 5.41) is 41.2. The van der Waals surface area contributed by atoms with E-state index in [4.69, 9.17) is 9.47 Å². The number of fused-ring (bicyclic) bond motifs is 2. The molecule has 0 fully saturated rings. The number of phenols is 2. The van der Waals surface area contributed by atoms with E-state index in [1.807, 2.05) is 72.8 Å². The number of aryl methyl sites for hydroxylation is 2. The summed E-state index contributed by atoms with van der Waals surface area (Å²) in [6, 6.07) is 29.1. The van der Waals surface area contributed by atoms with Crippen LogP contribution < -0.4 is 0 Å². The van der Waals surface area contributed by atoms with E-state index in [0.717, 1.165) is 82.8 Å². The van der Waals surface area contributed by atoms with Crippen LogP contribution >= 0.6 is 0 Å². The minimum Gasteiger partial charge on any atom is -0.505 e. The molecule has 0 aliphatic carbocycles. The fourth-order valence-electron chi connectivity index (χ4n) is 8.02. The molecular weight excluding hydrogens is 805 g/mol. The van der Waals surface area contributed by atoms with Gasteiger partial charge in [-0.15, -0.1) is 30.0 Å². The second-order valence-corrected chi connectivity index (χ2v) is 16.6. The van der Waals surface area contributed by atoms with Crippen LogP contribution in [0.1, 0.15) is 134 Å². The third-order valence-electron chi connectivity index (χ3n) is 11.7. The molecule has 64 heavy (non-hydrogen) atoms. The number of rotatable bonds is 24. The molecule has 0 atom stereocenters. The maximum atomic E-state index is 13.1. The van der Waals surface area contributed by atoms with Gasteiger partial charge in [0, 0.05) is 12.8 Å². The minimum absolute atomic E-state index is 0.115. The number of carbonyl (C=O) groups is 2. The Kier molecular flexibility index (Phi) is 16.1. The zero-order chi connectivity index (χ0) is 44.7. The van der Waals surface area contributed by atoms with Crippen LogP contribution in [0.5, 0.6) is 11.5 Å². The summed E-state index contributed by atoms with van der Waals surface area (Å²) in [4.78, 5) is 29.2. The molecule has 0 aliphatic heterocycles. The molecule has 2 N–H and O–H groups in total. The van der Waals surface area contributed by atoms with Crippen LogP contribution in [0, 0.1) is 0 Å². The molecule has 0 saturated heterocycles. The fraction of sp³-hybridized carbons (Fsp3) is 0.385. The van der Waals surface area contributed by atoms with Crippen molar-refractivity contribution in [2.45, 2.75) is 117 Å². The number of carbonyl (C=O) groups excluding carboxylic acids is 2. The van der Waals surface area contributed by atoms with E-state index in [1.54, 1.807) is 24.3 Å². The van der Waals surface area contributed by atoms with Crippen LogP contribution in [-0.2, 0) is 35.2 Å². The van der Waals surface area contributed by atoms with E-state index in [9.17, 15) is 19.8 Å². The number of phenolic OH excluding ortho intramolecular Hbond substituents is 2. The summed E-state index contributed by atoms with van der Waals surface area (Å²) in [5.74, 6) is -0.698. The largest absolute Gasteiger partial charge is 0.505 e. The summed E-state index contributed by atoms with van der Waals surface area (Å²) in [5.41, 5.74) is 7.95. The van der Waals surface area contributed by atoms with Gasteiger partial charge in [0.2, 0.25) is 0 Å². The number of ether oxygens (including phenoxy) is 2. The Morgan fingerprint density at radius 1 is 0.469 bits per heavy atom. The van der Waals surface area contributed by atoms with Gasteiger partial charge >= 0.3 is 11.9 Å². The summed E-state index contributed by atoms with van der Waals surface area (Å²) < 4.78 is 11.4. The SMILES string of the molecule is CCCCCCCCc1cc(CCOC(=O)c2ccc(C(=O)OCCc3cc(CCCCCCCC)c(O)c(-n4nc5ccccc5n4)c3)cc2)cc(-n2nc3ccccc3n2)c1O. The normalized spacial score (nSPS) is 11.4. The Morgan fingerprint density at radius 3 is 1.17 bits per heavy atom. The average molecular weight is 865 g/mol. The van der Waals surface area contributed by atoms with Gasteiger partial charge in [-0.05, 0) is 109 Å². The van der Waals surface area contributed by atoms with Gasteiger partial charge in [0.25, 0.3) is 0 Å². The molecule has 12 heteroatoms. The third-order valence-corrected chi connectivity index (χ3v) is 11.7. The molecule has 0 spiro atoms. The molecule has 7 aromatic rings. The zero-order valence-corrected chi connectivity index (χ0v) is 37.2. The lowest BCUT2D eigenvalue weighted by Crippen LogP contribution is -2.11. The molecule has 2 aromatic heterocycles. The van der Waals surface area contributed by atoms with Crippen molar-refractivity contribution in [2.24, 2.45) is 0 Å². The van der Waals surface area contributed by atoms with Gasteiger partial charge in [0.1, 0.15) is 44.9 Å². The maximum absolute atomic E-state index is 13.1. The molecule has 0 amide bonds. The highest BCUT2D eigenvalue weighted by atomic mass is 16.5. The summed E-state index contributed by atoms with van der Waals surface area (Å²) in [6.45, 7) is 4.64. The lowest BCUT2D eigenvalue weighted by molar-refractivity contribution is 0.0494. The van der Waals surface area contributed by atoms with Crippen LogP contribution in [0.4, 0.5) is 0 Å². The molecule has 12 nitrogen and oxygen atoms in total. The van der Waals surface area contributed by atoms with Crippen LogP contribution in [-0.4, -0.2) is 65.4 Å². The predicted octanol–water partition coefficient (Wildman–Crippen LogP) is 11.2. The van der Waals surface area contributed by atoms with Crippen molar-refractivity contribution in [1.82, 2.24) is 30.0 Å². The Balaban J connectivity index is 0.948. The molecule has 0 unspecified atom stereocenters. The molecule has 7 rings (SSSR count). The number of hydrogen-bond acceptors (Lipinski definition) is 10. The van der Waals surface area contributed by atoms with Crippen molar-refractivity contribution in [3.05, 3.63) is 130 Å². The quantitative estimate of drug-likeness (QED) is 0.0443. The van der Waals surface area contributed by atoms with Gasteiger partial charge in [-0.2, -0.15) is 0 Å². The van der Waals surface area contributed by atoms with Crippen LogP contribution in [0.15, 0.2) is 97.1 Å². The molecule has 5 aromatic carbocycles. The Hall–Kier alpha value is -6.56. The Morgan fingerprint density at radius 2 is 0.812 bits per heavy atom. The number of hydrogen-bond donors (Lipinski definition) is 2. The van der Waals surface area contributed by atoms with E-state index in [-0.39, 0.29) is 24.7 Å². The lowest BCUT2D eigenvalue weighted by atomic mass is 10.00. The highest BCUT2D eigenvalue weighted by Gasteiger charge is 2.18. The van der Waals surface area contributed by atoms with Crippen molar-refractivity contribution >= 4 is 34.0 Å². The van der Waals surface area contributed by atoms with Gasteiger partial charge in [-0.1, -0.05) is 114 Å². The van der Waals surface area contributed by atoms with Gasteiger partial charge in [-0.3, -0.25) is 0 Å². The topological polar surface area (TPSA) is 154 Å². The predicted molar refractivity (Wildman–Crippen MR) is 250 cm³/mol. The molecule has 334 valence electrons. The van der Waals surface area contributed by atoms with Crippen molar-refractivity contribution in [1.29, 1.82) is 0 Å². The first-order valence-corrected chi connectivity index (χ1v) is 23.1. The maximum Gasteiger partial charge on any atom is 0.338 e. The highest BCUT2D eigenvalue weighted by molar-refractivity contribution is 5.93. The highest BCUT2D eigenvalue weighted by Crippen LogP contribution is 2.32. The number of aromatic hydroxyl groups is 2. The lowest BCUT2D eigenvalue weighted by Gasteiger charge is -2.13. The Bertz CT molecular complexity index is 2390. The van der Waals surface area contributed by atoms with E-state index in [2.05, 4.69) is 34.2 Å². The standard InChI is InChI=1S/C52H60N6O6/c1-3-5-7-9-11-13-19-41-33-37(35-47(49(41)59)57-53-43-21-15-16-22-44(43)54-57)29-31-63-51(61)39-25-27-40(28-26-39)52(62)64-32-30-38-34-42(20-14-12-10-8-6-4-2)50(60)48(36-38)58-55-45-23-17-18-24-46(45)56-58/h15-18,21-28,33-36,59-60H,3-14,19-20,29-32H2,1-2H3. The summed E-state index contributed by atoms with van der Waals surface area (Å²) in [7, 11) is 0. The fourth-order valence-corrected chi connectivity index (χ4v) is 8.02. The summed E-state index contributed by atoms with van der Waals surface area (Å²) in [6.07, 6.45) is 16.0. The first-order valence-electron chi connectivity index (χ1n) is 23.1. The third kappa shape index (κ3) is 11.9. The second-order valence-electron chi connectivity index (χ2n) is 16.6. The number of esters is 2.